The zero-order valence-corrected chi connectivity index (χ0v) is 11.4. The van der Waals surface area contributed by atoms with Crippen LogP contribution in [-0.2, 0) is 6.42 Å². The van der Waals surface area contributed by atoms with Gasteiger partial charge in [0.05, 0.1) is 0 Å². The molecular weight excluding hydrogens is 290 g/mol. The third-order valence-electron chi connectivity index (χ3n) is 3.31. The second kappa shape index (κ2) is 5.50. The zero-order valence-electron chi connectivity index (χ0n) is 9.06. The molecule has 0 heterocycles. The number of hydrogen-bond donors (Lipinski definition) is 0. The van der Waals surface area contributed by atoms with Gasteiger partial charge in [0, 0.05) is 9.85 Å². The predicted molar refractivity (Wildman–Crippen MR) is 69.8 cm³/mol. The van der Waals surface area contributed by atoms with Crippen LogP contribution >= 0.6 is 27.5 Å². The van der Waals surface area contributed by atoms with Gasteiger partial charge in [-0.3, -0.25) is 0 Å². The van der Waals surface area contributed by atoms with Crippen LogP contribution in [0.4, 0.5) is 4.39 Å². The molecule has 0 N–H and O–H groups in total. The molecule has 16 heavy (non-hydrogen) atoms. The van der Waals surface area contributed by atoms with Crippen molar-refractivity contribution in [3.05, 3.63) is 34.6 Å². The topological polar surface area (TPSA) is 0 Å². The molecule has 0 saturated heterocycles. The van der Waals surface area contributed by atoms with Crippen LogP contribution < -0.4 is 0 Å². The number of hydrogen-bond acceptors (Lipinski definition) is 0. The molecule has 2 unspecified atom stereocenters. The lowest BCUT2D eigenvalue weighted by Gasteiger charge is -2.27. The maximum absolute atomic E-state index is 13.6. The smallest absolute Gasteiger partial charge is 0.126 e. The van der Waals surface area contributed by atoms with Crippen LogP contribution in [0.5, 0.6) is 0 Å². The Morgan fingerprint density at radius 3 is 2.81 bits per heavy atom. The van der Waals surface area contributed by atoms with Gasteiger partial charge in [-0.2, -0.15) is 0 Å². The molecule has 2 atom stereocenters. The maximum atomic E-state index is 13.6. The summed E-state index contributed by atoms with van der Waals surface area (Å²) in [6, 6.07) is 4.82. The van der Waals surface area contributed by atoms with Gasteiger partial charge in [0.25, 0.3) is 0 Å². The van der Waals surface area contributed by atoms with Crippen LogP contribution in [0.1, 0.15) is 31.2 Å². The summed E-state index contributed by atoms with van der Waals surface area (Å²) in [7, 11) is 0. The van der Waals surface area contributed by atoms with E-state index < -0.39 is 0 Å². The highest BCUT2D eigenvalue weighted by Gasteiger charge is 2.23. The molecule has 88 valence electrons. The fourth-order valence-electron chi connectivity index (χ4n) is 2.37. The Hall–Kier alpha value is -0.0800. The second-order valence-corrected chi connectivity index (χ2v) is 6.11. The van der Waals surface area contributed by atoms with E-state index in [1.807, 2.05) is 0 Å². The van der Waals surface area contributed by atoms with E-state index >= 15 is 0 Å². The van der Waals surface area contributed by atoms with Crippen molar-refractivity contribution < 1.29 is 4.39 Å². The Morgan fingerprint density at radius 2 is 2.06 bits per heavy atom. The van der Waals surface area contributed by atoms with Crippen molar-refractivity contribution in [2.75, 3.05) is 0 Å². The Kier molecular flexibility index (Phi) is 4.26. The molecule has 0 nitrogen and oxygen atoms in total. The van der Waals surface area contributed by atoms with Gasteiger partial charge >= 0.3 is 0 Å². The Labute approximate surface area is 109 Å². The average Bonchev–Trinajstić information content (AvgIpc) is 2.27. The molecule has 0 radical (unpaired) electrons. The number of alkyl halides is 1. The van der Waals surface area contributed by atoms with E-state index in [2.05, 4.69) is 15.9 Å². The maximum Gasteiger partial charge on any atom is 0.126 e. The summed E-state index contributed by atoms with van der Waals surface area (Å²) in [4.78, 5) is 0.527. The molecule has 0 spiro atoms. The lowest BCUT2D eigenvalue weighted by molar-refractivity contribution is 0.369. The molecule has 0 aromatic heterocycles. The van der Waals surface area contributed by atoms with Crippen molar-refractivity contribution in [1.82, 2.24) is 0 Å². The molecule has 1 aliphatic carbocycles. The largest absolute Gasteiger partial charge is 0.207 e. The first-order chi connectivity index (χ1) is 7.66. The highest BCUT2D eigenvalue weighted by Crippen LogP contribution is 2.33. The first-order valence-corrected chi connectivity index (χ1v) is 7.04. The van der Waals surface area contributed by atoms with Crippen molar-refractivity contribution in [2.45, 2.75) is 36.9 Å². The lowest BCUT2D eigenvalue weighted by Crippen LogP contribution is -2.21. The van der Waals surface area contributed by atoms with Crippen molar-refractivity contribution >= 4 is 27.5 Å². The molecule has 0 bridgehead atoms. The monoisotopic (exact) mass is 304 g/mol. The normalized spacial score (nSPS) is 25.7. The molecule has 3 heteroatoms. The minimum atomic E-state index is -0.130. The summed E-state index contributed by atoms with van der Waals surface area (Å²) in [6.07, 6.45) is 5.72. The van der Waals surface area contributed by atoms with E-state index in [-0.39, 0.29) is 5.82 Å². The summed E-state index contributed by atoms with van der Waals surface area (Å²) < 4.78 is 13.6. The first-order valence-electron chi connectivity index (χ1n) is 5.75. The van der Waals surface area contributed by atoms with Gasteiger partial charge in [0.15, 0.2) is 0 Å². The Balaban J connectivity index is 2.10. The van der Waals surface area contributed by atoms with E-state index in [0.717, 1.165) is 12.0 Å². The highest BCUT2D eigenvalue weighted by atomic mass is 79.9. The summed E-state index contributed by atoms with van der Waals surface area (Å²) in [5.41, 5.74) is 0.754. The molecule has 1 aromatic rings. The van der Waals surface area contributed by atoms with Crippen molar-refractivity contribution in [2.24, 2.45) is 5.92 Å². The molecular formula is C13H15BrClF. The first kappa shape index (κ1) is 12.4. The van der Waals surface area contributed by atoms with Gasteiger partial charge in [-0.05, 0) is 48.9 Å². The minimum Gasteiger partial charge on any atom is -0.207 e. The van der Waals surface area contributed by atoms with E-state index in [4.69, 9.17) is 11.6 Å². The minimum absolute atomic E-state index is 0.130. The van der Waals surface area contributed by atoms with Crippen LogP contribution in [0, 0.1) is 11.7 Å². The zero-order chi connectivity index (χ0) is 11.5. The predicted octanol–water partition coefficient (Wildman–Crippen LogP) is 4.98. The molecule has 2 rings (SSSR count). The second-order valence-electron chi connectivity index (χ2n) is 4.50. The van der Waals surface area contributed by atoms with Gasteiger partial charge in [0.2, 0.25) is 0 Å². The van der Waals surface area contributed by atoms with Crippen molar-refractivity contribution in [3.8, 4) is 0 Å². The van der Waals surface area contributed by atoms with Crippen LogP contribution in [0.3, 0.4) is 0 Å². The van der Waals surface area contributed by atoms with Crippen LogP contribution in [0.15, 0.2) is 18.2 Å². The summed E-state index contributed by atoms with van der Waals surface area (Å²) >= 11 is 9.59. The lowest BCUT2D eigenvalue weighted by atomic mass is 9.84. The van der Waals surface area contributed by atoms with Gasteiger partial charge in [0.1, 0.15) is 5.82 Å². The average molecular weight is 306 g/mol. The molecule has 1 saturated carbocycles. The molecule has 1 fully saturated rings. The van der Waals surface area contributed by atoms with Gasteiger partial charge in [-0.25, -0.2) is 4.39 Å². The third-order valence-corrected chi connectivity index (χ3v) is 4.75. The molecule has 0 amide bonds. The number of rotatable bonds is 2. The van der Waals surface area contributed by atoms with E-state index in [1.165, 1.54) is 31.7 Å². The fraction of sp³-hybridized carbons (Fsp3) is 0.538. The van der Waals surface area contributed by atoms with E-state index in [1.54, 1.807) is 12.1 Å². The van der Waals surface area contributed by atoms with Crippen LogP contribution in [0.25, 0.3) is 0 Å². The molecule has 0 aliphatic heterocycles. The summed E-state index contributed by atoms with van der Waals surface area (Å²) in [5.74, 6) is 0.413. The Bertz CT molecular complexity index is 367. The third kappa shape index (κ3) is 2.98. The van der Waals surface area contributed by atoms with E-state index in [9.17, 15) is 4.39 Å². The highest BCUT2D eigenvalue weighted by molar-refractivity contribution is 9.09. The van der Waals surface area contributed by atoms with Crippen LogP contribution in [0.2, 0.25) is 5.02 Å². The summed E-state index contributed by atoms with van der Waals surface area (Å²) in [6.45, 7) is 0. The van der Waals surface area contributed by atoms with Crippen molar-refractivity contribution in [3.63, 3.8) is 0 Å². The number of halogens is 3. The summed E-state index contributed by atoms with van der Waals surface area (Å²) in [5, 5.41) is 0.623. The van der Waals surface area contributed by atoms with Crippen molar-refractivity contribution in [1.29, 1.82) is 0 Å². The number of benzene rings is 1. The fourth-order valence-corrected chi connectivity index (χ4v) is 3.34. The Morgan fingerprint density at radius 1 is 1.31 bits per heavy atom. The van der Waals surface area contributed by atoms with Crippen LogP contribution in [-0.4, -0.2) is 4.83 Å². The van der Waals surface area contributed by atoms with Gasteiger partial charge in [-0.1, -0.05) is 40.4 Å². The van der Waals surface area contributed by atoms with Gasteiger partial charge in [-0.15, -0.1) is 0 Å². The quantitative estimate of drug-likeness (QED) is 0.676. The standard InChI is InChI=1S/C13H15BrClF/c14-12-4-2-1-3-9(12)7-10-8-11(15)5-6-13(10)16/h5-6,8-9,12H,1-4,7H2. The SMILES string of the molecule is Fc1ccc(Cl)cc1CC1CCCCC1Br. The van der Waals surface area contributed by atoms with Gasteiger partial charge < -0.3 is 0 Å². The molecule has 1 aromatic carbocycles. The molecule has 1 aliphatic rings. The van der Waals surface area contributed by atoms with E-state index in [0.29, 0.717) is 15.8 Å².